The Hall–Kier alpha value is -1.03. The maximum atomic E-state index is 5.19. The number of nitrogens with zero attached hydrogens (tertiary/aromatic N) is 1. The van der Waals surface area contributed by atoms with E-state index in [1.165, 1.54) is 12.8 Å². The van der Waals surface area contributed by atoms with Crippen molar-refractivity contribution in [2.75, 3.05) is 20.2 Å². The third-order valence-corrected chi connectivity index (χ3v) is 2.77. The zero-order valence-corrected chi connectivity index (χ0v) is 8.67. The number of aromatic nitrogens is 1. The van der Waals surface area contributed by atoms with E-state index in [0.29, 0.717) is 11.8 Å². The Morgan fingerprint density at radius 2 is 2.43 bits per heavy atom. The van der Waals surface area contributed by atoms with Crippen LogP contribution in [0.1, 0.15) is 30.1 Å². The van der Waals surface area contributed by atoms with Crippen LogP contribution in [0.2, 0.25) is 0 Å². The maximum Gasteiger partial charge on any atom is 0.257 e. The zero-order valence-electron chi connectivity index (χ0n) is 8.67. The molecule has 0 bridgehead atoms. The molecule has 1 aliphatic rings. The molecule has 1 saturated heterocycles. The van der Waals surface area contributed by atoms with Crippen LogP contribution >= 0.6 is 0 Å². The molecule has 4 heteroatoms. The van der Waals surface area contributed by atoms with Gasteiger partial charge in [0.25, 0.3) is 5.88 Å². The van der Waals surface area contributed by atoms with Gasteiger partial charge in [-0.25, -0.2) is 0 Å². The monoisotopic (exact) mass is 196 g/mol. The van der Waals surface area contributed by atoms with E-state index in [1.807, 2.05) is 6.92 Å². The average molecular weight is 196 g/mol. The fourth-order valence-corrected chi connectivity index (χ4v) is 2.07. The lowest BCUT2D eigenvalue weighted by Crippen LogP contribution is -2.28. The molecule has 1 aromatic rings. The van der Waals surface area contributed by atoms with E-state index in [2.05, 4.69) is 10.5 Å². The van der Waals surface area contributed by atoms with Crippen molar-refractivity contribution >= 4 is 0 Å². The Bertz CT molecular complexity index is 303. The number of methoxy groups -OCH3 is 1. The van der Waals surface area contributed by atoms with Crippen molar-refractivity contribution in [2.45, 2.75) is 25.7 Å². The minimum absolute atomic E-state index is 0.491. The summed E-state index contributed by atoms with van der Waals surface area (Å²) < 4.78 is 10.3. The summed E-state index contributed by atoms with van der Waals surface area (Å²) in [7, 11) is 1.64. The van der Waals surface area contributed by atoms with Gasteiger partial charge in [-0.1, -0.05) is 0 Å². The summed E-state index contributed by atoms with van der Waals surface area (Å²) in [4.78, 5) is 0. The van der Waals surface area contributed by atoms with Gasteiger partial charge in [-0.2, -0.15) is 0 Å². The predicted molar refractivity (Wildman–Crippen MR) is 52.6 cm³/mol. The summed E-state index contributed by atoms with van der Waals surface area (Å²) in [5.74, 6) is 2.02. The molecule has 1 atom stereocenters. The third-order valence-electron chi connectivity index (χ3n) is 2.77. The lowest BCUT2D eigenvalue weighted by Gasteiger charge is -2.22. The highest BCUT2D eigenvalue weighted by Crippen LogP contribution is 2.32. The van der Waals surface area contributed by atoms with Crippen LogP contribution in [0.5, 0.6) is 5.88 Å². The Morgan fingerprint density at radius 3 is 3.07 bits per heavy atom. The number of hydrogen-bond donors (Lipinski definition) is 1. The fraction of sp³-hybridized carbons (Fsp3) is 0.700. The Labute approximate surface area is 83.6 Å². The third kappa shape index (κ3) is 1.62. The molecule has 1 aliphatic heterocycles. The van der Waals surface area contributed by atoms with Crippen molar-refractivity contribution in [1.29, 1.82) is 0 Å². The van der Waals surface area contributed by atoms with E-state index < -0.39 is 0 Å². The molecule has 4 nitrogen and oxygen atoms in total. The van der Waals surface area contributed by atoms with Gasteiger partial charge < -0.3 is 14.6 Å². The minimum atomic E-state index is 0.491. The number of aryl methyl sites for hydroxylation is 1. The van der Waals surface area contributed by atoms with E-state index in [9.17, 15) is 0 Å². The summed E-state index contributed by atoms with van der Waals surface area (Å²) in [6.07, 6.45) is 2.39. The molecule has 1 fully saturated rings. The van der Waals surface area contributed by atoms with Gasteiger partial charge in [-0.3, -0.25) is 0 Å². The summed E-state index contributed by atoms with van der Waals surface area (Å²) in [5, 5.41) is 7.26. The number of piperidine rings is 1. The first-order chi connectivity index (χ1) is 6.83. The average Bonchev–Trinajstić information content (AvgIpc) is 2.61. The van der Waals surface area contributed by atoms with Crippen molar-refractivity contribution in [2.24, 2.45) is 0 Å². The van der Waals surface area contributed by atoms with Crippen LogP contribution in [-0.4, -0.2) is 25.4 Å². The van der Waals surface area contributed by atoms with Crippen molar-refractivity contribution in [3.63, 3.8) is 0 Å². The molecule has 1 N–H and O–H groups in total. The van der Waals surface area contributed by atoms with E-state index in [1.54, 1.807) is 7.11 Å². The topological polar surface area (TPSA) is 47.3 Å². The quantitative estimate of drug-likeness (QED) is 0.778. The highest BCUT2D eigenvalue weighted by molar-refractivity contribution is 5.32. The highest BCUT2D eigenvalue weighted by Gasteiger charge is 2.24. The zero-order chi connectivity index (χ0) is 9.97. The number of hydrogen-bond acceptors (Lipinski definition) is 4. The van der Waals surface area contributed by atoms with Crippen molar-refractivity contribution in [1.82, 2.24) is 10.5 Å². The van der Waals surface area contributed by atoms with Gasteiger partial charge in [0.15, 0.2) is 0 Å². The molecule has 0 aliphatic carbocycles. The molecule has 1 unspecified atom stereocenters. The normalized spacial score (nSPS) is 22.3. The minimum Gasteiger partial charge on any atom is -0.479 e. The molecule has 0 saturated carbocycles. The molecule has 0 amide bonds. The molecule has 14 heavy (non-hydrogen) atoms. The highest BCUT2D eigenvalue weighted by atomic mass is 16.5. The SMILES string of the molecule is COc1noc(C)c1C1CCCNC1. The Kier molecular flexibility index (Phi) is 2.72. The van der Waals surface area contributed by atoms with Gasteiger partial charge in [0.2, 0.25) is 0 Å². The van der Waals surface area contributed by atoms with Gasteiger partial charge in [0, 0.05) is 12.5 Å². The van der Waals surface area contributed by atoms with Crippen LogP contribution in [-0.2, 0) is 0 Å². The molecule has 0 aromatic carbocycles. The van der Waals surface area contributed by atoms with Gasteiger partial charge >= 0.3 is 0 Å². The lowest BCUT2D eigenvalue weighted by atomic mass is 9.92. The second-order valence-corrected chi connectivity index (χ2v) is 3.70. The molecule has 78 valence electrons. The van der Waals surface area contributed by atoms with E-state index in [0.717, 1.165) is 24.4 Å². The fourth-order valence-electron chi connectivity index (χ4n) is 2.07. The van der Waals surface area contributed by atoms with Crippen molar-refractivity contribution in [3.8, 4) is 5.88 Å². The van der Waals surface area contributed by atoms with Gasteiger partial charge in [0.1, 0.15) is 5.76 Å². The number of nitrogens with one attached hydrogen (secondary N) is 1. The maximum absolute atomic E-state index is 5.19. The second-order valence-electron chi connectivity index (χ2n) is 3.70. The lowest BCUT2D eigenvalue weighted by molar-refractivity contribution is 0.330. The largest absolute Gasteiger partial charge is 0.479 e. The van der Waals surface area contributed by atoms with E-state index in [4.69, 9.17) is 9.26 Å². The molecule has 2 rings (SSSR count). The van der Waals surface area contributed by atoms with Crippen molar-refractivity contribution < 1.29 is 9.26 Å². The van der Waals surface area contributed by atoms with Gasteiger partial charge in [0.05, 0.1) is 12.7 Å². The molecule has 0 spiro atoms. The Balaban J connectivity index is 2.23. The Morgan fingerprint density at radius 1 is 1.57 bits per heavy atom. The molecular formula is C10H16N2O2. The molecule has 2 heterocycles. The van der Waals surface area contributed by atoms with Gasteiger partial charge in [-0.15, -0.1) is 0 Å². The standard InChI is InChI=1S/C10H16N2O2/c1-7-9(10(13-2)12-14-7)8-4-3-5-11-6-8/h8,11H,3-6H2,1-2H3. The van der Waals surface area contributed by atoms with Crippen LogP contribution in [0.25, 0.3) is 0 Å². The number of ether oxygens (including phenoxy) is 1. The summed E-state index contributed by atoms with van der Waals surface area (Å²) in [6.45, 7) is 4.06. The second kappa shape index (κ2) is 4.00. The molecular weight excluding hydrogens is 180 g/mol. The first kappa shape index (κ1) is 9.52. The summed E-state index contributed by atoms with van der Waals surface area (Å²) in [6, 6.07) is 0. The van der Waals surface area contributed by atoms with Crippen LogP contribution in [0.15, 0.2) is 4.52 Å². The van der Waals surface area contributed by atoms with Crippen LogP contribution < -0.4 is 10.1 Å². The van der Waals surface area contributed by atoms with Gasteiger partial charge in [-0.05, 0) is 31.5 Å². The van der Waals surface area contributed by atoms with Crippen molar-refractivity contribution in [3.05, 3.63) is 11.3 Å². The summed E-state index contributed by atoms with van der Waals surface area (Å²) >= 11 is 0. The van der Waals surface area contributed by atoms with E-state index in [-0.39, 0.29) is 0 Å². The molecule has 0 radical (unpaired) electrons. The van der Waals surface area contributed by atoms with Crippen LogP contribution in [0.4, 0.5) is 0 Å². The first-order valence-corrected chi connectivity index (χ1v) is 5.03. The first-order valence-electron chi connectivity index (χ1n) is 5.03. The van der Waals surface area contributed by atoms with Crippen LogP contribution in [0.3, 0.4) is 0 Å². The summed E-state index contributed by atoms with van der Waals surface area (Å²) in [5.41, 5.74) is 1.14. The smallest absolute Gasteiger partial charge is 0.257 e. The number of rotatable bonds is 2. The van der Waals surface area contributed by atoms with E-state index >= 15 is 0 Å². The van der Waals surface area contributed by atoms with Crippen LogP contribution in [0, 0.1) is 6.92 Å². The molecule has 1 aromatic heterocycles. The predicted octanol–water partition coefficient (Wildman–Crippen LogP) is 1.46.